The van der Waals surface area contributed by atoms with Gasteiger partial charge in [-0.05, 0) is 36.5 Å². The van der Waals surface area contributed by atoms with Gasteiger partial charge in [0.05, 0.1) is 49.4 Å². The van der Waals surface area contributed by atoms with Gasteiger partial charge in [0.25, 0.3) is 0 Å². The first kappa shape index (κ1) is 33.0. The summed E-state index contributed by atoms with van der Waals surface area (Å²) in [5.74, 6) is 2.51. The molecule has 6 rings (SSSR count). The maximum absolute atomic E-state index is 9.55. The topological polar surface area (TPSA) is 149 Å². The Kier molecular flexibility index (Phi) is 12.6. The lowest BCUT2D eigenvalue weighted by Gasteiger charge is -2.19. The van der Waals surface area contributed by atoms with Crippen LogP contribution in [0.5, 0.6) is 11.5 Å². The van der Waals surface area contributed by atoms with Crippen LogP contribution in [0.3, 0.4) is 0 Å². The van der Waals surface area contributed by atoms with Crippen LogP contribution < -0.4 is 29.9 Å². The number of hydrogen-bond acceptors (Lipinski definition) is 10. The number of aromatic nitrogens is 2. The number of pyridine rings is 2. The van der Waals surface area contributed by atoms with E-state index >= 15 is 0 Å². The zero-order valence-electron chi connectivity index (χ0n) is 25.7. The van der Waals surface area contributed by atoms with Gasteiger partial charge >= 0.3 is 11.9 Å². The molecular weight excluding hydrogens is 564 g/mol. The summed E-state index contributed by atoms with van der Waals surface area (Å²) in [6, 6.07) is 4.24. The van der Waals surface area contributed by atoms with Gasteiger partial charge < -0.3 is 40.1 Å². The number of carboxylic acid groups (broad SMARTS) is 2. The molecule has 0 radical (unpaired) electrons. The Morgan fingerprint density at radius 3 is 1.41 bits per heavy atom. The van der Waals surface area contributed by atoms with Crippen LogP contribution in [0.15, 0.2) is 49.1 Å². The molecule has 2 aromatic heterocycles. The van der Waals surface area contributed by atoms with E-state index in [-0.39, 0.29) is 0 Å². The van der Waals surface area contributed by atoms with Gasteiger partial charge in [-0.3, -0.25) is 9.97 Å². The standard InChI is InChI=1S/2C14H21N3O.C4H4O4/c2*1-2-3-18-14-4-13(7-16-8-14)17-9-11-5-15-6-12(11)10-17;5-3(6)1-2-4(7)8/h2*4,7-8,11-12,15H,2-3,5-6,9-10H2,1H3;1-2H,(H,5,6)(H,7,8)/b;;2-1+/t2*11-,12+;. The number of hydrogen-bond donors (Lipinski definition) is 4. The number of carboxylic acids is 2. The highest BCUT2D eigenvalue weighted by molar-refractivity contribution is 5.89. The molecule has 4 fully saturated rings. The van der Waals surface area contributed by atoms with Crippen molar-refractivity contribution in [2.75, 3.05) is 75.4 Å². The molecule has 4 aliphatic heterocycles. The van der Waals surface area contributed by atoms with Crippen LogP contribution in [-0.4, -0.2) is 97.7 Å². The van der Waals surface area contributed by atoms with Crippen LogP contribution in [0.1, 0.15) is 26.7 Å². The average Bonchev–Trinajstić information content (AvgIpc) is 3.81. The highest BCUT2D eigenvalue weighted by Crippen LogP contribution is 2.32. The molecule has 240 valence electrons. The lowest BCUT2D eigenvalue weighted by molar-refractivity contribution is -0.134. The summed E-state index contributed by atoms with van der Waals surface area (Å²) in [7, 11) is 0. The van der Waals surface area contributed by atoms with Crippen LogP contribution in [-0.2, 0) is 9.59 Å². The van der Waals surface area contributed by atoms with Crippen LogP contribution in [0.25, 0.3) is 0 Å². The van der Waals surface area contributed by atoms with Crippen molar-refractivity contribution in [2.24, 2.45) is 23.7 Å². The third kappa shape index (κ3) is 9.81. The lowest BCUT2D eigenvalue weighted by Crippen LogP contribution is -2.25. The predicted octanol–water partition coefficient (Wildman–Crippen LogP) is 2.76. The second kappa shape index (κ2) is 16.8. The maximum atomic E-state index is 9.55. The Labute approximate surface area is 259 Å². The van der Waals surface area contributed by atoms with E-state index in [9.17, 15) is 9.59 Å². The number of ether oxygens (including phenoxy) is 2. The van der Waals surface area contributed by atoms with Crippen LogP contribution >= 0.6 is 0 Å². The van der Waals surface area contributed by atoms with E-state index in [0.717, 1.165) is 87.4 Å². The molecule has 0 aliphatic carbocycles. The molecule has 0 spiro atoms. The monoisotopic (exact) mass is 610 g/mol. The summed E-state index contributed by atoms with van der Waals surface area (Å²) in [6.45, 7) is 15.0. The number of carbonyl (C=O) groups is 2. The van der Waals surface area contributed by atoms with E-state index < -0.39 is 11.9 Å². The second-order valence-electron chi connectivity index (χ2n) is 11.6. The minimum Gasteiger partial charge on any atom is -0.492 e. The van der Waals surface area contributed by atoms with Gasteiger partial charge in [0, 0.05) is 76.6 Å². The molecule has 44 heavy (non-hydrogen) atoms. The Bertz CT molecular complexity index is 1130. The fraction of sp³-hybridized carbons (Fsp3) is 0.562. The Balaban J connectivity index is 0.000000163. The first-order chi connectivity index (χ1) is 21.4. The first-order valence-electron chi connectivity index (χ1n) is 15.6. The first-order valence-corrected chi connectivity index (χ1v) is 15.6. The van der Waals surface area contributed by atoms with Gasteiger partial charge in [0.15, 0.2) is 0 Å². The summed E-state index contributed by atoms with van der Waals surface area (Å²) in [5, 5.41) is 22.6. The fourth-order valence-electron chi connectivity index (χ4n) is 6.03. The molecule has 4 saturated heterocycles. The van der Waals surface area contributed by atoms with Crippen molar-refractivity contribution in [2.45, 2.75) is 26.7 Å². The van der Waals surface area contributed by atoms with Crippen LogP contribution in [0.4, 0.5) is 11.4 Å². The predicted molar refractivity (Wildman–Crippen MR) is 169 cm³/mol. The second-order valence-corrected chi connectivity index (χ2v) is 11.6. The normalized spacial score (nSPS) is 23.3. The molecular formula is C32H46N6O6. The molecule has 0 amide bonds. The van der Waals surface area contributed by atoms with Crippen molar-refractivity contribution < 1.29 is 29.3 Å². The Morgan fingerprint density at radius 1 is 0.727 bits per heavy atom. The SMILES string of the molecule is CCCOc1cncc(N2C[C@H]3CNC[C@H]3C2)c1.CCCOc1cncc(N2C[C@H]3CNC[C@H]3C2)c1.O=C(O)/C=C/C(=O)O. The zero-order chi connectivity index (χ0) is 31.3. The molecule has 0 bridgehead atoms. The van der Waals surface area contributed by atoms with Crippen molar-refractivity contribution in [1.29, 1.82) is 0 Å². The molecule has 4 N–H and O–H groups in total. The van der Waals surface area contributed by atoms with Crippen molar-refractivity contribution in [3.05, 3.63) is 49.1 Å². The molecule has 12 nitrogen and oxygen atoms in total. The van der Waals surface area contributed by atoms with Gasteiger partial charge in [-0.25, -0.2) is 9.59 Å². The largest absolute Gasteiger partial charge is 0.492 e. The molecule has 6 heterocycles. The molecule has 0 unspecified atom stereocenters. The van der Waals surface area contributed by atoms with Gasteiger partial charge in [0.2, 0.25) is 0 Å². The summed E-state index contributed by atoms with van der Waals surface area (Å²) < 4.78 is 11.3. The van der Waals surface area contributed by atoms with E-state index in [1.165, 1.54) is 37.6 Å². The average molecular weight is 611 g/mol. The molecule has 12 heteroatoms. The third-order valence-corrected chi connectivity index (χ3v) is 8.22. The minimum atomic E-state index is -1.26. The highest BCUT2D eigenvalue weighted by Gasteiger charge is 2.37. The number of nitrogens with zero attached hydrogens (tertiary/aromatic N) is 4. The molecule has 2 aromatic rings. The van der Waals surface area contributed by atoms with Crippen molar-refractivity contribution in [1.82, 2.24) is 20.6 Å². The molecule has 0 aromatic carbocycles. The molecule has 0 saturated carbocycles. The van der Waals surface area contributed by atoms with Gasteiger partial charge in [-0.1, -0.05) is 13.8 Å². The number of fused-ring (bicyclic) bond motifs is 2. The van der Waals surface area contributed by atoms with Crippen LogP contribution in [0.2, 0.25) is 0 Å². The van der Waals surface area contributed by atoms with E-state index in [2.05, 4.69) is 56.4 Å². The highest BCUT2D eigenvalue weighted by atomic mass is 16.5. The van der Waals surface area contributed by atoms with Crippen molar-refractivity contribution in [3.63, 3.8) is 0 Å². The van der Waals surface area contributed by atoms with E-state index in [1.807, 2.05) is 12.4 Å². The van der Waals surface area contributed by atoms with E-state index in [4.69, 9.17) is 19.7 Å². The van der Waals surface area contributed by atoms with Gasteiger partial charge in [-0.2, -0.15) is 0 Å². The number of anilines is 2. The summed E-state index contributed by atoms with van der Waals surface area (Å²) in [4.78, 5) is 32.6. The summed E-state index contributed by atoms with van der Waals surface area (Å²) in [5.41, 5.74) is 2.41. The van der Waals surface area contributed by atoms with E-state index in [1.54, 1.807) is 12.4 Å². The maximum Gasteiger partial charge on any atom is 0.328 e. The van der Waals surface area contributed by atoms with Crippen molar-refractivity contribution in [3.8, 4) is 11.5 Å². The smallest absolute Gasteiger partial charge is 0.328 e. The Morgan fingerprint density at radius 2 is 1.09 bits per heavy atom. The van der Waals surface area contributed by atoms with Gasteiger partial charge in [0.1, 0.15) is 11.5 Å². The quantitative estimate of drug-likeness (QED) is 0.293. The summed E-state index contributed by atoms with van der Waals surface area (Å²) in [6.07, 6.45) is 10.7. The minimum absolute atomic E-state index is 0.558. The van der Waals surface area contributed by atoms with Crippen molar-refractivity contribution >= 4 is 23.3 Å². The number of nitrogens with one attached hydrogen (secondary N) is 2. The lowest BCUT2D eigenvalue weighted by atomic mass is 10.0. The van der Waals surface area contributed by atoms with E-state index in [0.29, 0.717) is 12.2 Å². The fourth-order valence-corrected chi connectivity index (χ4v) is 6.03. The third-order valence-electron chi connectivity index (χ3n) is 8.22. The summed E-state index contributed by atoms with van der Waals surface area (Å²) >= 11 is 0. The van der Waals surface area contributed by atoms with Crippen LogP contribution in [0, 0.1) is 23.7 Å². The number of aliphatic carboxylic acids is 2. The molecule has 4 atom stereocenters. The van der Waals surface area contributed by atoms with Gasteiger partial charge in [-0.15, -0.1) is 0 Å². The number of rotatable bonds is 10. The zero-order valence-corrected chi connectivity index (χ0v) is 25.7. The molecule has 4 aliphatic rings. The Hall–Kier alpha value is -3.90.